The summed E-state index contributed by atoms with van der Waals surface area (Å²) in [5.74, 6) is -1.52. The number of nitrogens with one attached hydrogen (secondary N) is 1. The van der Waals surface area contributed by atoms with E-state index in [4.69, 9.17) is 5.11 Å². The highest BCUT2D eigenvalue weighted by Gasteiger charge is 2.17. The van der Waals surface area contributed by atoms with Gasteiger partial charge in [-0.2, -0.15) is 5.10 Å². The summed E-state index contributed by atoms with van der Waals surface area (Å²) >= 11 is 0. The van der Waals surface area contributed by atoms with Crippen molar-refractivity contribution in [1.82, 2.24) is 15.1 Å². The number of nitrogens with zero attached hydrogens (tertiary/aromatic N) is 2. The molecule has 0 aliphatic rings. The van der Waals surface area contributed by atoms with Crippen LogP contribution in [0.5, 0.6) is 0 Å². The Labute approximate surface area is 109 Å². The normalized spacial score (nSPS) is 10.2. The first-order chi connectivity index (χ1) is 9.11. The molecule has 0 saturated carbocycles. The van der Waals surface area contributed by atoms with Crippen molar-refractivity contribution in [1.29, 1.82) is 0 Å². The minimum Gasteiger partial charge on any atom is -0.477 e. The van der Waals surface area contributed by atoms with Crippen LogP contribution < -0.4 is 5.32 Å². The lowest BCUT2D eigenvalue weighted by Crippen LogP contribution is -2.18. The lowest BCUT2D eigenvalue weighted by Gasteiger charge is -2.04. The van der Waals surface area contributed by atoms with Crippen molar-refractivity contribution in [3.8, 4) is 0 Å². The van der Waals surface area contributed by atoms with E-state index in [-0.39, 0.29) is 11.4 Å². The van der Waals surface area contributed by atoms with Crippen molar-refractivity contribution in [3.05, 3.63) is 53.3 Å². The Kier molecular flexibility index (Phi) is 3.61. The van der Waals surface area contributed by atoms with Crippen LogP contribution in [0.25, 0.3) is 0 Å². The van der Waals surface area contributed by atoms with Crippen molar-refractivity contribution < 1.29 is 14.7 Å². The van der Waals surface area contributed by atoms with E-state index in [1.54, 1.807) is 0 Å². The summed E-state index contributed by atoms with van der Waals surface area (Å²) in [5, 5.41) is 15.6. The molecule has 6 heteroatoms. The van der Waals surface area contributed by atoms with E-state index in [1.165, 1.54) is 17.8 Å². The van der Waals surface area contributed by atoms with E-state index in [1.807, 2.05) is 30.3 Å². The van der Waals surface area contributed by atoms with Crippen LogP contribution in [0.15, 0.2) is 36.4 Å². The molecule has 98 valence electrons. The molecule has 0 atom stereocenters. The Balaban J connectivity index is 2.36. The van der Waals surface area contributed by atoms with Crippen molar-refractivity contribution in [2.24, 2.45) is 0 Å². The molecule has 0 fully saturated rings. The smallest absolute Gasteiger partial charge is 0.354 e. The fraction of sp³-hybridized carbons (Fsp3) is 0.154. The van der Waals surface area contributed by atoms with E-state index in [2.05, 4.69) is 10.4 Å². The van der Waals surface area contributed by atoms with Gasteiger partial charge in [0.15, 0.2) is 5.69 Å². The van der Waals surface area contributed by atoms with Crippen LogP contribution in [0, 0.1) is 0 Å². The zero-order chi connectivity index (χ0) is 13.8. The molecule has 0 saturated heterocycles. The van der Waals surface area contributed by atoms with Gasteiger partial charge in [-0.1, -0.05) is 30.3 Å². The zero-order valence-corrected chi connectivity index (χ0v) is 10.3. The summed E-state index contributed by atoms with van der Waals surface area (Å²) in [6.07, 6.45) is 0. The van der Waals surface area contributed by atoms with Crippen molar-refractivity contribution in [2.45, 2.75) is 6.54 Å². The van der Waals surface area contributed by atoms with Gasteiger partial charge in [0.05, 0.1) is 6.54 Å². The first kappa shape index (κ1) is 12.8. The van der Waals surface area contributed by atoms with Crippen LogP contribution >= 0.6 is 0 Å². The van der Waals surface area contributed by atoms with Crippen molar-refractivity contribution in [2.75, 3.05) is 7.05 Å². The minimum atomic E-state index is -1.11. The van der Waals surface area contributed by atoms with E-state index in [0.29, 0.717) is 6.54 Å². The number of aromatic carboxylic acids is 1. The molecule has 0 radical (unpaired) electrons. The Morgan fingerprint density at radius 1 is 1.32 bits per heavy atom. The van der Waals surface area contributed by atoms with E-state index < -0.39 is 11.9 Å². The highest BCUT2D eigenvalue weighted by atomic mass is 16.4. The molecule has 2 N–H and O–H groups in total. The van der Waals surface area contributed by atoms with Gasteiger partial charge >= 0.3 is 5.97 Å². The van der Waals surface area contributed by atoms with E-state index >= 15 is 0 Å². The highest BCUT2D eigenvalue weighted by Crippen LogP contribution is 2.09. The SMILES string of the molecule is CNC(=O)c1cc(C(=O)O)n(Cc2ccccc2)n1. The molecule has 6 nitrogen and oxygen atoms in total. The van der Waals surface area contributed by atoms with Gasteiger partial charge in [-0.25, -0.2) is 4.79 Å². The number of rotatable bonds is 4. The molecule has 0 unspecified atom stereocenters. The number of aromatic nitrogens is 2. The second-order valence-electron chi connectivity index (χ2n) is 3.94. The van der Waals surface area contributed by atoms with Crippen LogP contribution in [0.2, 0.25) is 0 Å². The first-order valence-electron chi connectivity index (χ1n) is 5.69. The van der Waals surface area contributed by atoms with Gasteiger partial charge in [0, 0.05) is 13.1 Å². The van der Waals surface area contributed by atoms with Gasteiger partial charge in [-0.05, 0) is 5.56 Å². The number of carbonyl (C=O) groups excluding carboxylic acids is 1. The summed E-state index contributed by atoms with van der Waals surface area (Å²) in [6.45, 7) is 0.305. The summed E-state index contributed by atoms with van der Waals surface area (Å²) in [5.41, 5.74) is 0.995. The third-order valence-electron chi connectivity index (χ3n) is 2.63. The molecule has 0 bridgehead atoms. The second-order valence-corrected chi connectivity index (χ2v) is 3.94. The molecule has 0 spiro atoms. The molecule has 19 heavy (non-hydrogen) atoms. The minimum absolute atomic E-state index is 0.0116. The second kappa shape index (κ2) is 5.34. The summed E-state index contributed by atoms with van der Waals surface area (Å²) in [7, 11) is 1.47. The lowest BCUT2D eigenvalue weighted by atomic mass is 10.2. The average molecular weight is 259 g/mol. The van der Waals surface area contributed by atoms with Crippen LogP contribution in [0.1, 0.15) is 26.5 Å². The predicted octanol–water partition coefficient (Wildman–Crippen LogP) is 0.989. The Morgan fingerprint density at radius 2 is 2.00 bits per heavy atom. The number of carbonyl (C=O) groups is 2. The lowest BCUT2D eigenvalue weighted by molar-refractivity contribution is 0.0683. The summed E-state index contributed by atoms with van der Waals surface area (Å²) in [4.78, 5) is 22.6. The van der Waals surface area contributed by atoms with Crippen LogP contribution in [-0.2, 0) is 6.54 Å². The van der Waals surface area contributed by atoms with Crippen molar-refractivity contribution >= 4 is 11.9 Å². The van der Waals surface area contributed by atoms with E-state index in [9.17, 15) is 9.59 Å². The fourth-order valence-corrected chi connectivity index (χ4v) is 1.70. The Morgan fingerprint density at radius 3 is 2.58 bits per heavy atom. The predicted molar refractivity (Wildman–Crippen MR) is 68.1 cm³/mol. The standard InChI is InChI=1S/C13H13N3O3/c1-14-12(17)10-7-11(13(18)19)16(15-10)8-9-5-3-2-4-6-9/h2-7H,8H2,1H3,(H,14,17)(H,18,19). The molecule has 1 heterocycles. The van der Waals surface area contributed by atoms with Gasteiger partial charge in [0.1, 0.15) is 5.69 Å². The third-order valence-corrected chi connectivity index (χ3v) is 2.63. The maximum atomic E-state index is 11.5. The number of carboxylic acids is 1. The maximum Gasteiger partial charge on any atom is 0.354 e. The van der Waals surface area contributed by atoms with E-state index in [0.717, 1.165) is 5.56 Å². The molecule has 0 aliphatic heterocycles. The maximum absolute atomic E-state index is 11.5. The molecule has 2 rings (SSSR count). The molecule has 1 aromatic carbocycles. The van der Waals surface area contributed by atoms with Crippen LogP contribution in [0.3, 0.4) is 0 Å². The number of hydrogen-bond donors (Lipinski definition) is 2. The summed E-state index contributed by atoms with van der Waals surface area (Å²) in [6, 6.07) is 10.6. The molecular formula is C13H13N3O3. The van der Waals surface area contributed by atoms with Crippen LogP contribution in [0.4, 0.5) is 0 Å². The number of hydrogen-bond acceptors (Lipinski definition) is 3. The molecular weight excluding hydrogens is 246 g/mol. The van der Waals surface area contributed by atoms with Gasteiger partial charge in [-0.3, -0.25) is 9.48 Å². The molecule has 0 aliphatic carbocycles. The average Bonchev–Trinajstić information content (AvgIpc) is 2.83. The monoisotopic (exact) mass is 259 g/mol. The zero-order valence-electron chi connectivity index (χ0n) is 10.3. The fourth-order valence-electron chi connectivity index (χ4n) is 1.70. The topological polar surface area (TPSA) is 84.2 Å². The first-order valence-corrected chi connectivity index (χ1v) is 5.69. The van der Waals surface area contributed by atoms with Crippen LogP contribution in [-0.4, -0.2) is 33.8 Å². The quantitative estimate of drug-likeness (QED) is 0.857. The molecule has 1 aromatic heterocycles. The third kappa shape index (κ3) is 2.79. The van der Waals surface area contributed by atoms with Crippen molar-refractivity contribution in [3.63, 3.8) is 0 Å². The largest absolute Gasteiger partial charge is 0.477 e. The van der Waals surface area contributed by atoms with Gasteiger partial charge in [0.25, 0.3) is 5.91 Å². The molecule has 1 amide bonds. The molecule has 2 aromatic rings. The Bertz CT molecular complexity index is 605. The Hall–Kier alpha value is -2.63. The van der Waals surface area contributed by atoms with Gasteiger partial charge in [0.2, 0.25) is 0 Å². The number of benzene rings is 1. The van der Waals surface area contributed by atoms with Gasteiger partial charge in [-0.15, -0.1) is 0 Å². The number of carboxylic acid groups (broad SMARTS) is 1. The highest BCUT2D eigenvalue weighted by molar-refractivity contribution is 5.95. The number of amides is 1. The summed E-state index contributed by atoms with van der Waals surface area (Å²) < 4.78 is 1.31. The van der Waals surface area contributed by atoms with Gasteiger partial charge < -0.3 is 10.4 Å².